The zero-order valence-corrected chi connectivity index (χ0v) is 22.3. The lowest BCUT2D eigenvalue weighted by Gasteiger charge is -2.39. The van der Waals surface area contributed by atoms with Gasteiger partial charge >= 0.3 is 0 Å². The van der Waals surface area contributed by atoms with E-state index in [1.54, 1.807) is 18.4 Å². The number of aromatic nitrogens is 1. The summed E-state index contributed by atoms with van der Waals surface area (Å²) in [6.45, 7) is 0.714. The summed E-state index contributed by atoms with van der Waals surface area (Å²) in [5.41, 5.74) is 3.47. The van der Waals surface area contributed by atoms with Crippen LogP contribution in [0, 0.1) is 0 Å². The highest BCUT2D eigenvalue weighted by molar-refractivity contribution is 7.08. The second-order valence-corrected chi connectivity index (χ2v) is 10.4. The summed E-state index contributed by atoms with van der Waals surface area (Å²) in [5.74, 6) is 0.125. The van der Waals surface area contributed by atoms with Crippen LogP contribution in [0.2, 0.25) is 0 Å². The molecule has 0 aliphatic heterocycles. The third kappa shape index (κ3) is 5.03. The Hall–Kier alpha value is -3.51. The molecule has 188 valence electrons. The largest absolute Gasteiger partial charge is 0.481 e. The number of hydrogen-bond acceptors (Lipinski definition) is 5. The van der Waals surface area contributed by atoms with Crippen molar-refractivity contribution in [2.45, 2.75) is 17.9 Å². The van der Waals surface area contributed by atoms with E-state index in [-0.39, 0.29) is 0 Å². The fourth-order valence-corrected chi connectivity index (χ4v) is 5.84. The summed E-state index contributed by atoms with van der Waals surface area (Å²) in [7, 11) is 5.74. The number of fused-ring (bicyclic) bond motifs is 1. The number of methoxy groups -OCH3 is 1. The first-order valence-electron chi connectivity index (χ1n) is 12.5. The Morgan fingerprint density at radius 2 is 1.68 bits per heavy atom. The summed E-state index contributed by atoms with van der Waals surface area (Å²) in [4.78, 5) is 7.03. The minimum atomic E-state index is -1.23. The topological polar surface area (TPSA) is 45.6 Å². The first-order chi connectivity index (χ1) is 18.0. The van der Waals surface area contributed by atoms with Gasteiger partial charge in [0.2, 0.25) is 5.88 Å². The summed E-state index contributed by atoms with van der Waals surface area (Å²) in [5, 5.41) is 19.2. The van der Waals surface area contributed by atoms with Crippen LogP contribution in [0.15, 0.2) is 102 Å². The van der Waals surface area contributed by atoms with Gasteiger partial charge in [-0.05, 0) is 59.9 Å². The Labute approximate surface area is 222 Å². The number of hydrogen-bond donors (Lipinski definition) is 1. The number of aliphatic hydroxyl groups is 1. The van der Waals surface area contributed by atoms with E-state index >= 15 is 0 Å². The quantitative estimate of drug-likeness (QED) is 0.234. The molecule has 1 N–H and O–H groups in total. The van der Waals surface area contributed by atoms with Crippen molar-refractivity contribution in [3.63, 3.8) is 0 Å². The Bertz CT molecular complexity index is 1460. The lowest BCUT2D eigenvalue weighted by Crippen LogP contribution is -2.38. The average molecular weight is 509 g/mol. The molecule has 5 heteroatoms. The number of benzene rings is 3. The second-order valence-electron chi connectivity index (χ2n) is 9.65. The van der Waals surface area contributed by atoms with Crippen LogP contribution in [0.1, 0.15) is 29.0 Å². The van der Waals surface area contributed by atoms with Crippen molar-refractivity contribution in [1.29, 1.82) is 0 Å². The van der Waals surface area contributed by atoms with Crippen LogP contribution in [0.5, 0.6) is 5.88 Å². The minimum absolute atomic E-state index is 0.404. The minimum Gasteiger partial charge on any atom is -0.481 e. The Balaban J connectivity index is 1.77. The summed E-state index contributed by atoms with van der Waals surface area (Å²) in [6, 6.07) is 30.9. The van der Waals surface area contributed by atoms with Gasteiger partial charge in [0, 0.05) is 29.0 Å². The van der Waals surface area contributed by atoms with Crippen LogP contribution in [-0.2, 0) is 5.60 Å². The van der Waals surface area contributed by atoms with Crippen molar-refractivity contribution in [1.82, 2.24) is 9.88 Å². The Morgan fingerprint density at radius 3 is 2.41 bits per heavy atom. The van der Waals surface area contributed by atoms with Crippen molar-refractivity contribution >= 4 is 22.1 Å². The van der Waals surface area contributed by atoms with Crippen LogP contribution in [0.3, 0.4) is 0 Å². The molecule has 0 spiro atoms. The molecule has 5 aromatic rings. The van der Waals surface area contributed by atoms with Gasteiger partial charge in [-0.15, -0.1) is 0 Å². The molecular weight excluding hydrogens is 476 g/mol. The molecule has 0 saturated carbocycles. The van der Waals surface area contributed by atoms with E-state index in [9.17, 15) is 5.11 Å². The molecule has 37 heavy (non-hydrogen) atoms. The highest BCUT2D eigenvalue weighted by atomic mass is 32.1. The highest BCUT2D eigenvalue weighted by Gasteiger charge is 2.43. The van der Waals surface area contributed by atoms with Crippen LogP contribution >= 0.6 is 11.3 Å². The van der Waals surface area contributed by atoms with E-state index in [2.05, 4.69) is 58.8 Å². The monoisotopic (exact) mass is 508 g/mol. The maximum absolute atomic E-state index is 13.0. The van der Waals surface area contributed by atoms with Crippen LogP contribution < -0.4 is 4.74 Å². The summed E-state index contributed by atoms with van der Waals surface area (Å²) < 4.78 is 5.90. The van der Waals surface area contributed by atoms with E-state index < -0.39 is 11.5 Å². The van der Waals surface area contributed by atoms with Crippen molar-refractivity contribution in [3.8, 4) is 17.1 Å². The number of pyridine rings is 1. The first kappa shape index (κ1) is 25.2. The second kappa shape index (κ2) is 10.9. The molecule has 0 unspecified atom stereocenters. The molecule has 2 aromatic heterocycles. The predicted octanol–water partition coefficient (Wildman–Crippen LogP) is 6.94. The molecule has 4 nitrogen and oxygen atoms in total. The molecule has 3 aromatic carbocycles. The van der Waals surface area contributed by atoms with Gasteiger partial charge in [-0.3, -0.25) is 0 Å². The standard InChI is InChI=1S/C32H32N2O2S/c1-34(2)20-19-32(35,28-15-9-13-23-10-7-8-14-26(23)28)30(24-11-5-4-6-12-24)27-16-17-29(33-31(27)36-3)25-18-21-37-22-25/h4-18,21-22,30,35H,19-20H2,1-3H3/t30-,32-/m1/s1. The maximum atomic E-state index is 13.0. The van der Waals surface area contributed by atoms with E-state index in [0.29, 0.717) is 18.8 Å². The average Bonchev–Trinajstić information content (AvgIpc) is 3.48. The van der Waals surface area contributed by atoms with Crippen LogP contribution in [-0.4, -0.2) is 42.7 Å². The van der Waals surface area contributed by atoms with Crippen molar-refractivity contribution < 1.29 is 9.84 Å². The fraction of sp³-hybridized carbons (Fsp3) is 0.219. The molecule has 0 aliphatic rings. The van der Waals surface area contributed by atoms with E-state index in [4.69, 9.17) is 9.72 Å². The molecule has 5 rings (SSSR count). The van der Waals surface area contributed by atoms with Gasteiger partial charge in [-0.25, -0.2) is 4.98 Å². The van der Waals surface area contributed by atoms with Gasteiger partial charge in [-0.2, -0.15) is 11.3 Å². The molecule has 2 atom stereocenters. The van der Waals surface area contributed by atoms with Crippen molar-refractivity contribution in [3.05, 3.63) is 118 Å². The number of thiophene rings is 1. The van der Waals surface area contributed by atoms with Gasteiger partial charge in [0.1, 0.15) is 5.60 Å². The molecule has 0 radical (unpaired) electrons. The van der Waals surface area contributed by atoms with E-state index in [1.165, 1.54) is 0 Å². The maximum Gasteiger partial charge on any atom is 0.217 e. The Kier molecular flexibility index (Phi) is 7.38. The molecule has 0 fully saturated rings. The third-order valence-electron chi connectivity index (χ3n) is 7.02. The van der Waals surface area contributed by atoms with Crippen LogP contribution in [0.4, 0.5) is 0 Å². The molecular formula is C32H32N2O2S. The van der Waals surface area contributed by atoms with Crippen molar-refractivity contribution in [2.24, 2.45) is 0 Å². The van der Waals surface area contributed by atoms with Gasteiger partial charge < -0.3 is 14.7 Å². The molecule has 2 heterocycles. The van der Waals surface area contributed by atoms with Gasteiger partial charge in [0.05, 0.1) is 12.8 Å². The zero-order chi connectivity index (χ0) is 25.8. The molecule has 0 saturated heterocycles. The fourth-order valence-electron chi connectivity index (χ4n) is 5.19. The summed E-state index contributed by atoms with van der Waals surface area (Å²) in [6.07, 6.45) is 0.531. The predicted molar refractivity (Wildman–Crippen MR) is 153 cm³/mol. The van der Waals surface area contributed by atoms with Crippen LogP contribution in [0.25, 0.3) is 22.0 Å². The van der Waals surface area contributed by atoms with E-state index in [0.717, 1.165) is 38.7 Å². The lowest BCUT2D eigenvalue weighted by molar-refractivity contribution is 0.00516. The lowest BCUT2D eigenvalue weighted by atomic mass is 9.70. The molecule has 0 aliphatic carbocycles. The van der Waals surface area contributed by atoms with Gasteiger partial charge in [0.15, 0.2) is 0 Å². The molecule has 0 bridgehead atoms. The first-order valence-corrected chi connectivity index (χ1v) is 13.4. The SMILES string of the molecule is COc1nc(-c2ccsc2)ccc1[C@@H](c1ccccc1)[C@@](O)(CCN(C)C)c1cccc2ccccc12. The number of nitrogens with zero attached hydrogens (tertiary/aromatic N) is 2. The number of rotatable bonds is 9. The third-order valence-corrected chi connectivity index (χ3v) is 7.70. The van der Waals surface area contributed by atoms with Gasteiger partial charge in [0.25, 0.3) is 0 Å². The smallest absolute Gasteiger partial charge is 0.217 e. The number of ether oxygens (including phenoxy) is 1. The summed E-state index contributed by atoms with van der Waals surface area (Å²) >= 11 is 1.64. The van der Waals surface area contributed by atoms with Crippen molar-refractivity contribution in [2.75, 3.05) is 27.7 Å². The Morgan fingerprint density at radius 1 is 0.919 bits per heavy atom. The van der Waals surface area contributed by atoms with Gasteiger partial charge in [-0.1, -0.05) is 78.9 Å². The highest BCUT2D eigenvalue weighted by Crippen LogP contribution is 2.48. The normalized spacial score (nSPS) is 14.0. The van der Waals surface area contributed by atoms with E-state index in [1.807, 2.05) is 61.9 Å². The zero-order valence-electron chi connectivity index (χ0n) is 21.5. The molecule has 0 amide bonds.